The maximum atomic E-state index is 12.8. The number of benzene rings is 2. The van der Waals surface area contributed by atoms with Crippen LogP contribution in [-0.2, 0) is 0 Å². The minimum atomic E-state index is -0.361. The molecule has 0 unspecified atom stereocenters. The molecule has 2 aromatic carbocycles. The van der Waals surface area contributed by atoms with E-state index < -0.39 is 0 Å². The summed E-state index contributed by atoms with van der Waals surface area (Å²) in [7, 11) is 0. The Morgan fingerprint density at radius 3 is 2.36 bits per heavy atom. The van der Waals surface area contributed by atoms with Crippen molar-refractivity contribution in [1.82, 2.24) is 4.98 Å². The quantitative estimate of drug-likeness (QED) is 0.660. The van der Waals surface area contributed by atoms with Gasteiger partial charge in [0.25, 0.3) is 11.8 Å². The number of hydrogen-bond acceptors (Lipinski definition) is 3. The van der Waals surface area contributed by atoms with Gasteiger partial charge in [-0.05, 0) is 48.2 Å². The standard InChI is InChI=1S/C23H23N3O2/c1-15(2)19-11-7-8-16(3)21(19)26-22(27)17-12-13-24-20(14-17)23(28)25-18-9-5-4-6-10-18/h4-15H,1-3H3,(H,25,28)(H,26,27). The molecular formula is C23H23N3O2. The van der Waals surface area contributed by atoms with E-state index in [2.05, 4.69) is 29.5 Å². The average molecular weight is 373 g/mol. The van der Waals surface area contributed by atoms with E-state index in [4.69, 9.17) is 0 Å². The van der Waals surface area contributed by atoms with Crippen molar-refractivity contribution in [2.45, 2.75) is 26.7 Å². The van der Waals surface area contributed by atoms with Gasteiger partial charge in [0, 0.05) is 23.1 Å². The highest BCUT2D eigenvalue weighted by atomic mass is 16.2. The fourth-order valence-electron chi connectivity index (χ4n) is 2.94. The molecule has 0 aliphatic carbocycles. The van der Waals surface area contributed by atoms with E-state index >= 15 is 0 Å². The van der Waals surface area contributed by atoms with Gasteiger partial charge in [-0.2, -0.15) is 0 Å². The van der Waals surface area contributed by atoms with Crippen LogP contribution in [0.15, 0.2) is 66.9 Å². The SMILES string of the molecule is Cc1cccc(C(C)C)c1NC(=O)c1ccnc(C(=O)Nc2ccccc2)c1. The van der Waals surface area contributed by atoms with Gasteiger partial charge in [-0.1, -0.05) is 50.2 Å². The Morgan fingerprint density at radius 2 is 1.64 bits per heavy atom. The van der Waals surface area contributed by atoms with Crippen molar-refractivity contribution in [3.63, 3.8) is 0 Å². The van der Waals surface area contributed by atoms with Gasteiger partial charge in [0.05, 0.1) is 0 Å². The first-order valence-electron chi connectivity index (χ1n) is 9.19. The predicted octanol–water partition coefficient (Wildman–Crippen LogP) is 5.02. The zero-order chi connectivity index (χ0) is 20.1. The Hall–Kier alpha value is -3.47. The number of aryl methyl sites for hydroxylation is 1. The zero-order valence-corrected chi connectivity index (χ0v) is 16.2. The van der Waals surface area contributed by atoms with Crippen LogP contribution in [0.4, 0.5) is 11.4 Å². The number of nitrogens with one attached hydrogen (secondary N) is 2. The summed E-state index contributed by atoms with van der Waals surface area (Å²) in [6.45, 7) is 6.14. The van der Waals surface area contributed by atoms with Crippen LogP contribution < -0.4 is 10.6 Å². The van der Waals surface area contributed by atoms with Gasteiger partial charge in [0.15, 0.2) is 0 Å². The van der Waals surface area contributed by atoms with Gasteiger partial charge in [0.1, 0.15) is 5.69 Å². The van der Waals surface area contributed by atoms with Crippen LogP contribution in [0, 0.1) is 6.92 Å². The molecule has 5 nitrogen and oxygen atoms in total. The van der Waals surface area contributed by atoms with Crippen LogP contribution in [0.1, 0.15) is 51.7 Å². The molecule has 1 aromatic heterocycles. The number of anilines is 2. The van der Waals surface area contributed by atoms with Crippen molar-refractivity contribution in [3.8, 4) is 0 Å². The molecule has 3 rings (SSSR count). The Morgan fingerprint density at radius 1 is 0.893 bits per heavy atom. The normalized spacial score (nSPS) is 10.6. The molecule has 28 heavy (non-hydrogen) atoms. The molecule has 0 saturated carbocycles. The number of carbonyl (C=O) groups excluding carboxylic acids is 2. The lowest BCUT2D eigenvalue weighted by Crippen LogP contribution is -2.18. The molecule has 5 heteroatoms. The molecule has 1 heterocycles. The van der Waals surface area contributed by atoms with E-state index in [-0.39, 0.29) is 23.4 Å². The molecule has 2 amide bonds. The maximum absolute atomic E-state index is 12.8. The molecular weight excluding hydrogens is 350 g/mol. The lowest BCUT2D eigenvalue weighted by molar-refractivity contribution is 0.102. The van der Waals surface area contributed by atoms with Gasteiger partial charge in [-0.25, -0.2) is 0 Å². The summed E-state index contributed by atoms with van der Waals surface area (Å²) < 4.78 is 0. The number of para-hydroxylation sites is 2. The highest BCUT2D eigenvalue weighted by molar-refractivity contribution is 6.08. The fourth-order valence-corrected chi connectivity index (χ4v) is 2.94. The van der Waals surface area contributed by atoms with E-state index in [1.54, 1.807) is 18.2 Å². The molecule has 3 aromatic rings. The van der Waals surface area contributed by atoms with Crippen molar-refractivity contribution in [1.29, 1.82) is 0 Å². The van der Waals surface area contributed by atoms with Gasteiger partial charge in [0.2, 0.25) is 0 Å². The van der Waals surface area contributed by atoms with Gasteiger partial charge in [-0.3, -0.25) is 14.6 Å². The minimum absolute atomic E-state index is 0.186. The van der Waals surface area contributed by atoms with E-state index in [1.807, 2.05) is 43.3 Å². The third-order valence-corrected chi connectivity index (χ3v) is 4.45. The fraction of sp³-hybridized carbons (Fsp3) is 0.174. The van der Waals surface area contributed by atoms with Gasteiger partial charge in [-0.15, -0.1) is 0 Å². The first kappa shape index (κ1) is 19.3. The largest absolute Gasteiger partial charge is 0.321 e. The molecule has 0 bridgehead atoms. The van der Waals surface area contributed by atoms with Crippen LogP contribution in [0.5, 0.6) is 0 Å². The second kappa shape index (κ2) is 8.48. The Labute approximate surface area is 164 Å². The highest BCUT2D eigenvalue weighted by Crippen LogP contribution is 2.27. The Bertz CT molecular complexity index is 998. The number of carbonyl (C=O) groups is 2. The molecule has 0 radical (unpaired) electrons. The van der Waals surface area contributed by atoms with E-state index in [1.165, 1.54) is 12.3 Å². The molecule has 0 spiro atoms. The number of nitrogens with zero attached hydrogens (tertiary/aromatic N) is 1. The van der Waals surface area contributed by atoms with Crippen LogP contribution >= 0.6 is 0 Å². The summed E-state index contributed by atoms with van der Waals surface area (Å²) in [4.78, 5) is 29.3. The van der Waals surface area contributed by atoms with E-state index in [0.29, 0.717) is 11.3 Å². The zero-order valence-electron chi connectivity index (χ0n) is 16.2. The van der Waals surface area contributed by atoms with Crippen molar-refractivity contribution in [2.75, 3.05) is 10.6 Å². The Balaban J connectivity index is 1.81. The first-order valence-corrected chi connectivity index (χ1v) is 9.19. The van der Waals surface area contributed by atoms with Crippen LogP contribution in [0.3, 0.4) is 0 Å². The summed E-state index contributed by atoms with van der Waals surface area (Å²) in [5.74, 6) is -0.355. The monoisotopic (exact) mass is 373 g/mol. The topological polar surface area (TPSA) is 71.1 Å². The molecule has 0 saturated heterocycles. The summed E-state index contributed by atoms with van der Waals surface area (Å²) in [5.41, 5.74) is 4.12. The van der Waals surface area contributed by atoms with Crippen LogP contribution in [0.25, 0.3) is 0 Å². The van der Waals surface area contributed by atoms with Crippen molar-refractivity contribution >= 4 is 23.2 Å². The number of hydrogen-bond donors (Lipinski definition) is 2. The smallest absolute Gasteiger partial charge is 0.274 e. The van der Waals surface area contributed by atoms with E-state index in [0.717, 1.165) is 16.8 Å². The minimum Gasteiger partial charge on any atom is -0.321 e. The number of amides is 2. The van der Waals surface area contributed by atoms with Crippen molar-refractivity contribution in [3.05, 3.63) is 89.2 Å². The third-order valence-electron chi connectivity index (χ3n) is 4.45. The molecule has 0 aliphatic rings. The van der Waals surface area contributed by atoms with Crippen LogP contribution in [0.2, 0.25) is 0 Å². The summed E-state index contributed by atoms with van der Waals surface area (Å²) in [6, 6.07) is 18.2. The average Bonchev–Trinajstić information content (AvgIpc) is 2.70. The van der Waals surface area contributed by atoms with Crippen molar-refractivity contribution < 1.29 is 9.59 Å². The molecule has 0 atom stereocenters. The van der Waals surface area contributed by atoms with E-state index in [9.17, 15) is 9.59 Å². The summed E-state index contributed by atoms with van der Waals surface area (Å²) >= 11 is 0. The number of aromatic nitrogens is 1. The van der Waals surface area contributed by atoms with Gasteiger partial charge >= 0.3 is 0 Å². The third kappa shape index (κ3) is 4.43. The number of rotatable bonds is 5. The van der Waals surface area contributed by atoms with Gasteiger partial charge < -0.3 is 10.6 Å². The predicted molar refractivity (Wildman–Crippen MR) is 112 cm³/mol. The second-order valence-electron chi connectivity index (χ2n) is 6.90. The Kier molecular flexibility index (Phi) is 5.84. The molecule has 2 N–H and O–H groups in total. The number of pyridine rings is 1. The van der Waals surface area contributed by atoms with Crippen molar-refractivity contribution in [2.24, 2.45) is 0 Å². The molecule has 0 fully saturated rings. The maximum Gasteiger partial charge on any atom is 0.274 e. The molecule has 142 valence electrons. The second-order valence-corrected chi connectivity index (χ2v) is 6.90. The summed E-state index contributed by atoms with van der Waals surface area (Å²) in [6.07, 6.45) is 1.47. The molecule has 0 aliphatic heterocycles. The highest BCUT2D eigenvalue weighted by Gasteiger charge is 2.15. The van der Waals surface area contributed by atoms with Crippen LogP contribution in [-0.4, -0.2) is 16.8 Å². The summed E-state index contributed by atoms with van der Waals surface area (Å²) in [5, 5.41) is 5.77. The first-order chi connectivity index (χ1) is 13.5. The lowest BCUT2D eigenvalue weighted by atomic mass is 9.98. The lowest BCUT2D eigenvalue weighted by Gasteiger charge is -2.16.